The number of hydrogen-bond donors (Lipinski definition) is 0. The Balaban J connectivity index is 4.20. The minimum Gasteiger partial charge on any atom is -0.119 e. The van der Waals surface area contributed by atoms with E-state index in [9.17, 15) is 0 Å². The Hall–Kier alpha value is 1.01. The summed E-state index contributed by atoms with van der Waals surface area (Å²) in [7, 11) is -1.08. The van der Waals surface area contributed by atoms with E-state index in [1.807, 2.05) is 0 Å². The summed E-state index contributed by atoms with van der Waals surface area (Å²) < 4.78 is 0. The number of hydrogen-bond acceptors (Lipinski definition) is 0. The van der Waals surface area contributed by atoms with Crippen LogP contribution in [0.4, 0.5) is 0 Å². The average molecular weight is 721 g/mol. The minimum atomic E-state index is -1.08. The Morgan fingerprint density at radius 2 is 0.511 bits per heavy atom. The third kappa shape index (κ3) is 33.9. The van der Waals surface area contributed by atoms with Gasteiger partial charge in [0, 0.05) is 7.26 Å². The molecule has 0 amide bonds. The summed E-state index contributed by atoms with van der Waals surface area (Å²) in [4.78, 5) is 0. The lowest BCUT2D eigenvalue weighted by Crippen LogP contribution is -2.23. The molecule has 0 aromatic carbocycles. The van der Waals surface area contributed by atoms with Crippen LogP contribution in [-0.2, 0) is 0 Å². The normalized spacial score (nSPS) is 13.4. The second kappa shape index (κ2) is 38.2. The molecule has 0 aliphatic rings. The van der Waals surface area contributed by atoms with Crippen molar-refractivity contribution in [1.82, 2.24) is 0 Å². The monoisotopic (exact) mass is 720 g/mol. The lowest BCUT2D eigenvalue weighted by molar-refractivity contribution is 0.531. The second-order valence-corrected chi connectivity index (χ2v) is 21.4. The molecule has 0 saturated carbocycles. The third-order valence-electron chi connectivity index (χ3n) is 10.9. The topological polar surface area (TPSA) is 0 Å². The molecular formula is C44H90Cl2P+. The number of halogens is 2. The molecule has 0 aromatic heterocycles. The van der Waals surface area contributed by atoms with Crippen molar-refractivity contribution in [1.29, 1.82) is 0 Å². The molecule has 3 heteroatoms. The first-order chi connectivity index (χ1) is 23.0. The highest BCUT2D eigenvalue weighted by Gasteiger charge is 2.40. The molecule has 0 aliphatic carbocycles. The maximum Gasteiger partial charge on any atom is 0.0758 e. The second-order valence-electron chi connectivity index (χ2n) is 15.8. The predicted octanol–water partition coefficient (Wildman–Crippen LogP) is 17.6. The smallest absolute Gasteiger partial charge is 0.0758 e. The lowest BCUT2D eigenvalue weighted by atomic mass is 10.0. The number of rotatable bonds is 40. The van der Waals surface area contributed by atoms with E-state index in [4.69, 9.17) is 23.2 Å². The fourth-order valence-corrected chi connectivity index (χ4v) is 14.9. The molecule has 47 heavy (non-hydrogen) atoms. The Morgan fingerprint density at radius 1 is 0.298 bits per heavy atom. The predicted molar refractivity (Wildman–Crippen MR) is 225 cm³/mol. The molecule has 0 spiro atoms. The van der Waals surface area contributed by atoms with Crippen molar-refractivity contribution in [2.75, 3.05) is 24.6 Å². The Bertz CT molecular complexity index is 531. The summed E-state index contributed by atoms with van der Waals surface area (Å²) in [6.45, 7) is 9.35. The van der Waals surface area contributed by atoms with Crippen molar-refractivity contribution >= 4 is 30.5 Å². The molecule has 0 radical (unpaired) electrons. The molecule has 0 nitrogen and oxygen atoms in total. The third-order valence-corrected chi connectivity index (χ3v) is 17.0. The van der Waals surface area contributed by atoms with E-state index in [1.54, 1.807) is 0 Å². The molecule has 0 aliphatic heterocycles. The largest absolute Gasteiger partial charge is 0.119 e. The molecule has 0 fully saturated rings. The first-order valence-electron chi connectivity index (χ1n) is 22.2. The van der Waals surface area contributed by atoms with E-state index in [0.29, 0.717) is 10.8 Å². The molecule has 2 unspecified atom stereocenters. The van der Waals surface area contributed by atoms with E-state index < -0.39 is 7.26 Å². The Kier molecular flexibility index (Phi) is 39.1. The summed E-state index contributed by atoms with van der Waals surface area (Å²) in [5.41, 5.74) is 0. The fraction of sp³-hybridized carbons (Fsp3) is 1.00. The first kappa shape index (κ1) is 48.0. The highest BCUT2D eigenvalue weighted by Crippen LogP contribution is 2.62. The van der Waals surface area contributed by atoms with Crippen LogP contribution in [0.15, 0.2) is 0 Å². The molecule has 0 N–H and O–H groups in total. The SMILES string of the molecule is CCCCCCCCCCCCCCCCC(Cl)C[P+](CCCC)(CCCC)CC(Cl)CCCCCCCCCCCCCCCC. The van der Waals surface area contributed by atoms with Crippen LogP contribution in [0.25, 0.3) is 0 Å². The molecule has 0 saturated heterocycles. The van der Waals surface area contributed by atoms with Gasteiger partial charge in [0.15, 0.2) is 0 Å². The van der Waals surface area contributed by atoms with Gasteiger partial charge in [-0.05, 0) is 25.7 Å². The molecule has 0 aromatic rings. The van der Waals surface area contributed by atoms with E-state index in [2.05, 4.69) is 27.7 Å². The maximum atomic E-state index is 7.18. The van der Waals surface area contributed by atoms with Crippen LogP contribution in [-0.4, -0.2) is 35.4 Å². The fourth-order valence-electron chi connectivity index (χ4n) is 7.68. The molecule has 284 valence electrons. The zero-order valence-corrected chi connectivity index (χ0v) is 35.6. The van der Waals surface area contributed by atoms with Crippen molar-refractivity contribution in [3.8, 4) is 0 Å². The molecule has 0 heterocycles. The highest BCUT2D eigenvalue weighted by atomic mass is 35.5. The summed E-state index contributed by atoms with van der Waals surface area (Å²) in [5, 5.41) is 0.749. The van der Waals surface area contributed by atoms with Gasteiger partial charge >= 0.3 is 0 Å². The quantitative estimate of drug-likeness (QED) is 0.0336. The highest BCUT2D eigenvalue weighted by molar-refractivity contribution is 7.76. The van der Waals surface area contributed by atoms with E-state index in [0.717, 1.165) is 0 Å². The van der Waals surface area contributed by atoms with Crippen LogP contribution in [0.2, 0.25) is 0 Å². The van der Waals surface area contributed by atoms with Gasteiger partial charge < -0.3 is 0 Å². The molecular weight excluding hydrogens is 630 g/mol. The number of alkyl halides is 2. The van der Waals surface area contributed by atoms with E-state index in [-0.39, 0.29) is 0 Å². The van der Waals surface area contributed by atoms with Gasteiger partial charge in [0.2, 0.25) is 0 Å². The van der Waals surface area contributed by atoms with Gasteiger partial charge in [-0.3, -0.25) is 0 Å². The summed E-state index contributed by atoms with van der Waals surface area (Å²) in [6, 6.07) is 0. The van der Waals surface area contributed by atoms with E-state index in [1.165, 1.54) is 243 Å². The molecule has 0 rings (SSSR count). The van der Waals surface area contributed by atoms with Crippen molar-refractivity contribution in [2.24, 2.45) is 0 Å². The molecule has 0 bridgehead atoms. The van der Waals surface area contributed by atoms with Gasteiger partial charge in [-0.1, -0.05) is 220 Å². The van der Waals surface area contributed by atoms with Crippen molar-refractivity contribution < 1.29 is 0 Å². The molecule has 2 atom stereocenters. The average Bonchev–Trinajstić information content (AvgIpc) is 3.06. The van der Waals surface area contributed by atoms with Crippen LogP contribution in [0.3, 0.4) is 0 Å². The van der Waals surface area contributed by atoms with Crippen LogP contribution >= 0.6 is 30.5 Å². The van der Waals surface area contributed by atoms with Crippen LogP contribution in [0, 0.1) is 0 Å². The summed E-state index contributed by atoms with van der Waals surface area (Å²) in [5.74, 6) is 0. The van der Waals surface area contributed by atoms with Gasteiger partial charge in [-0.15, -0.1) is 23.2 Å². The van der Waals surface area contributed by atoms with Gasteiger partial charge in [0.25, 0.3) is 0 Å². The van der Waals surface area contributed by atoms with Crippen molar-refractivity contribution in [3.05, 3.63) is 0 Å². The minimum absolute atomic E-state index is 0.374. The lowest BCUT2D eigenvalue weighted by Gasteiger charge is -2.31. The van der Waals surface area contributed by atoms with Crippen molar-refractivity contribution in [3.63, 3.8) is 0 Å². The van der Waals surface area contributed by atoms with Gasteiger partial charge in [0.05, 0.1) is 35.4 Å². The van der Waals surface area contributed by atoms with Gasteiger partial charge in [-0.2, -0.15) is 0 Å². The Labute approximate surface area is 310 Å². The zero-order valence-electron chi connectivity index (χ0n) is 33.2. The summed E-state index contributed by atoms with van der Waals surface area (Å²) in [6.07, 6.45) is 53.3. The van der Waals surface area contributed by atoms with E-state index >= 15 is 0 Å². The van der Waals surface area contributed by atoms with Crippen molar-refractivity contribution in [2.45, 2.75) is 257 Å². The van der Waals surface area contributed by atoms with Gasteiger partial charge in [-0.25, -0.2) is 0 Å². The van der Waals surface area contributed by atoms with Crippen LogP contribution in [0.1, 0.15) is 246 Å². The first-order valence-corrected chi connectivity index (χ1v) is 25.6. The Morgan fingerprint density at radius 3 is 0.745 bits per heavy atom. The zero-order chi connectivity index (χ0) is 34.5. The standard InChI is InChI=1S/C44H90Cl2P/c1-5-9-13-15-17-19-21-23-25-27-29-31-33-35-37-43(45)41-47(39-11-7-3,40-12-8-4)42-44(46)38-36-34-32-30-28-26-24-22-20-18-16-14-10-6-2/h43-44H,5-42H2,1-4H3/q+1. The van der Waals surface area contributed by atoms with Crippen LogP contribution in [0.5, 0.6) is 0 Å². The number of unbranched alkanes of at least 4 members (excludes halogenated alkanes) is 28. The maximum absolute atomic E-state index is 7.18. The van der Waals surface area contributed by atoms with Crippen LogP contribution < -0.4 is 0 Å². The van der Waals surface area contributed by atoms with Gasteiger partial charge in [0.1, 0.15) is 0 Å². The summed E-state index contributed by atoms with van der Waals surface area (Å²) >= 11 is 14.4.